The first-order valence-corrected chi connectivity index (χ1v) is 9.24. The number of carbonyl (C=O) groups excluding carboxylic acids is 2. The Balaban J connectivity index is 1.58. The van der Waals surface area contributed by atoms with Gasteiger partial charge in [0.2, 0.25) is 0 Å². The van der Waals surface area contributed by atoms with E-state index in [2.05, 4.69) is 18.8 Å². The summed E-state index contributed by atoms with van der Waals surface area (Å²) in [7, 11) is 0. The molecule has 2 aliphatic heterocycles. The minimum atomic E-state index is -0.419. The molecule has 2 saturated heterocycles. The van der Waals surface area contributed by atoms with Crippen molar-refractivity contribution in [2.75, 3.05) is 26.2 Å². The lowest BCUT2D eigenvalue weighted by Crippen LogP contribution is -2.48. The van der Waals surface area contributed by atoms with Crippen LogP contribution in [-0.2, 0) is 4.74 Å². The average Bonchev–Trinajstić information content (AvgIpc) is 2.95. The van der Waals surface area contributed by atoms with E-state index >= 15 is 0 Å². The SMILES string of the molecule is CCC(CC)CN1CC2(CCN(C(=O)c3ccncc3)CC2)OC1=O. The number of nitrogens with zero attached hydrogens (tertiary/aromatic N) is 3. The Labute approximate surface area is 149 Å². The van der Waals surface area contributed by atoms with Gasteiger partial charge in [-0.3, -0.25) is 9.78 Å². The Bertz CT molecular complexity index is 608. The summed E-state index contributed by atoms with van der Waals surface area (Å²) >= 11 is 0. The van der Waals surface area contributed by atoms with Crippen molar-refractivity contribution in [2.24, 2.45) is 5.92 Å². The van der Waals surface area contributed by atoms with Crippen LogP contribution in [0.1, 0.15) is 49.9 Å². The van der Waals surface area contributed by atoms with Crippen LogP contribution in [-0.4, -0.2) is 58.6 Å². The van der Waals surface area contributed by atoms with E-state index in [1.165, 1.54) is 0 Å². The van der Waals surface area contributed by atoms with Gasteiger partial charge in [0.05, 0.1) is 6.54 Å². The summed E-state index contributed by atoms with van der Waals surface area (Å²) in [6.07, 6.45) is 6.62. The van der Waals surface area contributed by atoms with Gasteiger partial charge in [0.15, 0.2) is 0 Å². The largest absolute Gasteiger partial charge is 0.441 e. The molecule has 3 rings (SSSR count). The van der Waals surface area contributed by atoms with Gasteiger partial charge in [-0.05, 0) is 18.1 Å². The Kier molecular flexibility index (Phi) is 5.25. The number of hydrogen-bond donors (Lipinski definition) is 0. The molecule has 6 nitrogen and oxygen atoms in total. The number of ether oxygens (including phenoxy) is 1. The minimum Gasteiger partial charge on any atom is -0.441 e. The van der Waals surface area contributed by atoms with E-state index in [-0.39, 0.29) is 12.0 Å². The summed E-state index contributed by atoms with van der Waals surface area (Å²) < 4.78 is 5.77. The van der Waals surface area contributed by atoms with Gasteiger partial charge in [0.1, 0.15) is 5.60 Å². The number of pyridine rings is 1. The number of amides is 2. The van der Waals surface area contributed by atoms with Gasteiger partial charge in [0.25, 0.3) is 5.91 Å². The zero-order valence-electron chi connectivity index (χ0n) is 15.1. The Morgan fingerprint density at radius 2 is 1.88 bits per heavy atom. The Morgan fingerprint density at radius 1 is 1.24 bits per heavy atom. The summed E-state index contributed by atoms with van der Waals surface area (Å²) in [5.41, 5.74) is 0.239. The Morgan fingerprint density at radius 3 is 2.48 bits per heavy atom. The molecule has 25 heavy (non-hydrogen) atoms. The van der Waals surface area contributed by atoms with E-state index in [0.717, 1.165) is 19.4 Å². The predicted octanol–water partition coefficient (Wildman–Crippen LogP) is 2.94. The maximum absolute atomic E-state index is 12.5. The van der Waals surface area contributed by atoms with Crippen molar-refractivity contribution in [2.45, 2.75) is 45.1 Å². The van der Waals surface area contributed by atoms with Crippen LogP contribution in [0.5, 0.6) is 0 Å². The summed E-state index contributed by atoms with van der Waals surface area (Å²) in [5, 5.41) is 0. The summed E-state index contributed by atoms with van der Waals surface area (Å²) in [6, 6.07) is 3.47. The van der Waals surface area contributed by atoms with Crippen molar-refractivity contribution in [3.63, 3.8) is 0 Å². The molecule has 0 atom stereocenters. The molecule has 6 heteroatoms. The van der Waals surface area contributed by atoms with E-state index in [9.17, 15) is 9.59 Å². The van der Waals surface area contributed by atoms with Crippen LogP contribution in [0.4, 0.5) is 4.79 Å². The van der Waals surface area contributed by atoms with Crippen molar-refractivity contribution >= 4 is 12.0 Å². The first kappa shape index (κ1) is 17.7. The lowest BCUT2D eigenvalue weighted by molar-refractivity contribution is 0.00311. The van der Waals surface area contributed by atoms with Crippen LogP contribution in [0.3, 0.4) is 0 Å². The molecular weight excluding hydrogens is 318 g/mol. The highest BCUT2D eigenvalue weighted by molar-refractivity contribution is 5.94. The lowest BCUT2D eigenvalue weighted by atomic mass is 9.90. The molecular formula is C19H27N3O3. The highest BCUT2D eigenvalue weighted by Crippen LogP contribution is 2.34. The molecule has 0 aliphatic carbocycles. The molecule has 0 radical (unpaired) electrons. The average molecular weight is 345 g/mol. The van der Waals surface area contributed by atoms with Crippen LogP contribution < -0.4 is 0 Å². The molecule has 1 spiro atoms. The number of aromatic nitrogens is 1. The summed E-state index contributed by atoms with van der Waals surface area (Å²) in [4.78, 5) is 32.5. The highest BCUT2D eigenvalue weighted by Gasteiger charge is 2.47. The van der Waals surface area contributed by atoms with Crippen molar-refractivity contribution in [1.82, 2.24) is 14.8 Å². The molecule has 2 fully saturated rings. The van der Waals surface area contributed by atoms with Gasteiger partial charge in [-0.25, -0.2) is 4.79 Å². The minimum absolute atomic E-state index is 0.0236. The van der Waals surface area contributed by atoms with Gasteiger partial charge in [0, 0.05) is 50.4 Å². The zero-order valence-corrected chi connectivity index (χ0v) is 15.1. The summed E-state index contributed by atoms with van der Waals surface area (Å²) in [5.74, 6) is 0.548. The second-order valence-electron chi connectivity index (χ2n) is 7.14. The number of hydrogen-bond acceptors (Lipinski definition) is 4. The zero-order chi connectivity index (χ0) is 17.9. The molecule has 0 unspecified atom stereocenters. The highest BCUT2D eigenvalue weighted by atomic mass is 16.6. The van der Waals surface area contributed by atoms with Crippen LogP contribution in [0, 0.1) is 5.92 Å². The third-order valence-electron chi connectivity index (χ3n) is 5.56. The second-order valence-corrected chi connectivity index (χ2v) is 7.14. The number of rotatable bonds is 5. The van der Waals surface area contributed by atoms with E-state index < -0.39 is 5.60 Å². The fourth-order valence-corrected chi connectivity index (χ4v) is 3.75. The molecule has 0 bridgehead atoms. The van der Waals surface area contributed by atoms with E-state index in [1.54, 1.807) is 24.5 Å². The molecule has 2 aliphatic rings. The number of piperidine rings is 1. The standard InChI is InChI=1S/C19H27N3O3/c1-3-15(4-2)13-22-14-19(25-18(22)24)7-11-21(12-8-19)17(23)16-5-9-20-10-6-16/h5-6,9-10,15H,3-4,7-8,11-14H2,1-2H3. The molecule has 0 saturated carbocycles. The van der Waals surface area contributed by atoms with E-state index in [1.807, 2.05) is 9.80 Å². The van der Waals surface area contributed by atoms with Crippen molar-refractivity contribution in [1.29, 1.82) is 0 Å². The normalized spacial score (nSPS) is 19.6. The third-order valence-corrected chi connectivity index (χ3v) is 5.56. The van der Waals surface area contributed by atoms with Crippen molar-refractivity contribution in [3.8, 4) is 0 Å². The molecule has 1 aromatic rings. The van der Waals surface area contributed by atoms with Gasteiger partial charge in [-0.2, -0.15) is 0 Å². The Hall–Kier alpha value is -2.11. The summed E-state index contributed by atoms with van der Waals surface area (Å²) in [6.45, 7) is 6.98. The fourth-order valence-electron chi connectivity index (χ4n) is 3.75. The van der Waals surface area contributed by atoms with Crippen LogP contribution in [0.2, 0.25) is 0 Å². The van der Waals surface area contributed by atoms with Crippen LogP contribution in [0.25, 0.3) is 0 Å². The smallest absolute Gasteiger partial charge is 0.410 e. The second kappa shape index (κ2) is 7.42. The maximum Gasteiger partial charge on any atom is 0.410 e. The van der Waals surface area contributed by atoms with Gasteiger partial charge >= 0.3 is 6.09 Å². The van der Waals surface area contributed by atoms with Crippen LogP contribution in [0.15, 0.2) is 24.5 Å². The van der Waals surface area contributed by atoms with Crippen molar-refractivity contribution < 1.29 is 14.3 Å². The fraction of sp³-hybridized carbons (Fsp3) is 0.632. The molecule has 0 N–H and O–H groups in total. The predicted molar refractivity (Wildman–Crippen MR) is 94.2 cm³/mol. The third kappa shape index (κ3) is 3.78. The van der Waals surface area contributed by atoms with Crippen LogP contribution >= 0.6 is 0 Å². The van der Waals surface area contributed by atoms with E-state index in [4.69, 9.17) is 4.74 Å². The monoisotopic (exact) mass is 345 g/mol. The number of likely N-dealkylation sites (tertiary alicyclic amines) is 1. The molecule has 0 aromatic carbocycles. The molecule has 2 amide bonds. The first-order chi connectivity index (χ1) is 12.1. The first-order valence-electron chi connectivity index (χ1n) is 9.24. The topological polar surface area (TPSA) is 62.7 Å². The molecule has 3 heterocycles. The molecule has 1 aromatic heterocycles. The lowest BCUT2D eigenvalue weighted by Gasteiger charge is -2.37. The van der Waals surface area contributed by atoms with Gasteiger partial charge < -0.3 is 14.5 Å². The van der Waals surface area contributed by atoms with Crippen molar-refractivity contribution in [3.05, 3.63) is 30.1 Å². The van der Waals surface area contributed by atoms with Gasteiger partial charge in [-0.15, -0.1) is 0 Å². The van der Waals surface area contributed by atoms with E-state index in [0.29, 0.717) is 44.0 Å². The van der Waals surface area contributed by atoms with Gasteiger partial charge in [-0.1, -0.05) is 26.7 Å². The molecule has 136 valence electrons. The maximum atomic E-state index is 12.5. The quantitative estimate of drug-likeness (QED) is 0.823. The number of carbonyl (C=O) groups is 2.